The van der Waals surface area contributed by atoms with Crippen LogP contribution in [0, 0.1) is 3.57 Å². The lowest BCUT2D eigenvalue weighted by Gasteiger charge is -2.15. The molecular weight excluding hydrogens is 301 g/mol. The van der Waals surface area contributed by atoms with Gasteiger partial charge in [0, 0.05) is 22.8 Å². The van der Waals surface area contributed by atoms with Crippen molar-refractivity contribution in [3.63, 3.8) is 0 Å². The average molecular weight is 317 g/mol. The highest BCUT2D eigenvalue weighted by molar-refractivity contribution is 14.1. The Morgan fingerprint density at radius 1 is 1.40 bits per heavy atom. The van der Waals surface area contributed by atoms with Gasteiger partial charge in [-0.1, -0.05) is 12.1 Å². The van der Waals surface area contributed by atoms with Gasteiger partial charge in [-0.05, 0) is 53.6 Å². The molecule has 2 unspecified atom stereocenters. The Bertz CT molecular complexity index is 312. The van der Waals surface area contributed by atoms with Crippen LogP contribution in [0.15, 0.2) is 24.3 Å². The molecule has 1 heterocycles. The lowest BCUT2D eigenvalue weighted by atomic mass is 10.1. The summed E-state index contributed by atoms with van der Waals surface area (Å²) in [6, 6.07) is 9.16. The number of benzene rings is 1. The van der Waals surface area contributed by atoms with E-state index in [0.29, 0.717) is 12.1 Å². The monoisotopic (exact) mass is 317 g/mol. The third-order valence-electron chi connectivity index (χ3n) is 2.86. The number of rotatable bonds is 3. The molecule has 1 aliphatic rings. The second-order valence-corrected chi connectivity index (χ2v) is 5.22. The lowest BCUT2D eigenvalue weighted by Crippen LogP contribution is -2.34. The van der Waals surface area contributed by atoms with Crippen LogP contribution in [-0.2, 0) is 11.3 Å². The van der Waals surface area contributed by atoms with E-state index in [1.165, 1.54) is 9.13 Å². The van der Waals surface area contributed by atoms with Gasteiger partial charge in [0.25, 0.3) is 0 Å². The Hall–Kier alpha value is -0.130. The SMILES string of the molecule is CC1OCCC1NCc1ccc(I)cc1. The number of halogens is 1. The molecule has 0 radical (unpaired) electrons. The number of nitrogens with one attached hydrogen (secondary N) is 1. The standard InChI is InChI=1S/C12H16INO/c1-9-12(6-7-15-9)14-8-10-2-4-11(13)5-3-10/h2-5,9,12,14H,6-8H2,1H3. The first-order chi connectivity index (χ1) is 7.25. The third-order valence-corrected chi connectivity index (χ3v) is 3.58. The first-order valence-corrected chi connectivity index (χ1v) is 6.43. The Balaban J connectivity index is 1.85. The molecule has 0 aliphatic carbocycles. The first-order valence-electron chi connectivity index (χ1n) is 5.35. The Labute approximate surface area is 105 Å². The zero-order valence-electron chi connectivity index (χ0n) is 8.87. The Morgan fingerprint density at radius 2 is 2.13 bits per heavy atom. The summed E-state index contributed by atoms with van der Waals surface area (Å²) in [6.07, 6.45) is 1.49. The van der Waals surface area contributed by atoms with Crippen LogP contribution < -0.4 is 5.32 Å². The summed E-state index contributed by atoms with van der Waals surface area (Å²) in [7, 11) is 0. The molecule has 15 heavy (non-hydrogen) atoms. The van der Waals surface area contributed by atoms with Gasteiger partial charge in [0.05, 0.1) is 6.10 Å². The van der Waals surface area contributed by atoms with Crippen LogP contribution in [0.4, 0.5) is 0 Å². The molecule has 0 aromatic heterocycles. The fourth-order valence-electron chi connectivity index (χ4n) is 1.85. The lowest BCUT2D eigenvalue weighted by molar-refractivity contribution is 0.113. The van der Waals surface area contributed by atoms with E-state index in [4.69, 9.17) is 4.74 Å². The molecule has 1 saturated heterocycles. The first kappa shape index (κ1) is 11.4. The minimum absolute atomic E-state index is 0.355. The van der Waals surface area contributed by atoms with Gasteiger partial charge in [0.15, 0.2) is 0 Å². The summed E-state index contributed by atoms with van der Waals surface area (Å²) in [4.78, 5) is 0. The molecule has 0 spiro atoms. The topological polar surface area (TPSA) is 21.3 Å². The molecule has 0 amide bonds. The van der Waals surface area contributed by atoms with Crippen molar-refractivity contribution in [3.8, 4) is 0 Å². The van der Waals surface area contributed by atoms with Crippen LogP contribution in [0.5, 0.6) is 0 Å². The van der Waals surface area contributed by atoms with Gasteiger partial charge in [-0.25, -0.2) is 0 Å². The number of hydrogen-bond donors (Lipinski definition) is 1. The fourth-order valence-corrected chi connectivity index (χ4v) is 2.21. The van der Waals surface area contributed by atoms with E-state index in [9.17, 15) is 0 Å². The van der Waals surface area contributed by atoms with Gasteiger partial charge < -0.3 is 10.1 Å². The molecule has 2 rings (SSSR count). The van der Waals surface area contributed by atoms with Crippen molar-refractivity contribution in [2.75, 3.05) is 6.61 Å². The van der Waals surface area contributed by atoms with Crippen LogP contribution >= 0.6 is 22.6 Å². The van der Waals surface area contributed by atoms with Crippen molar-refractivity contribution in [1.29, 1.82) is 0 Å². The van der Waals surface area contributed by atoms with Gasteiger partial charge in [0.2, 0.25) is 0 Å². The molecule has 3 heteroatoms. The van der Waals surface area contributed by atoms with Crippen LogP contribution in [0.25, 0.3) is 0 Å². The van der Waals surface area contributed by atoms with Crippen LogP contribution in [-0.4, -0.2) is 18.8 Å². The summed E-state index contributed by atoms with van der Waals surface area (Å²) in [5.74, 6) is 0. The molecule has 2 nitrogen and oxygen atoms in total. The van der Waals surface area contributed by atoms with Crippen molar-refractivity contribution in [2.45, 2.75) is 32.0 Å². The molecule has 0 saturated carbocycles. The van der Waals surface area contributed by atoms with E-state index in [-0.39, 0.29) is 0 Å². The highest BCUT2D eigenvalue weighted by Gasteiger charge is 2.23. The minimum atomic E-state index is 0.355. The smallest absolute Gasteiger partial charge is 0.0700 e. The minimum Gasteiger partial charge on any atom is -0.377 e. The third kappa shape index (κ3) is 3.16. The van der Waals surface area contributed by atoms with Crippen LogP contribution in [0.2, 0.25) is 0 Å². The van der Waals surface area contributed by atoms with Gasteiger partial charge in [-0.2, -0.15) is 0 Å². The summed E-state index contributed by atoms with van der Waals surface area (Å²) < 4.78 is 6.80. The summed E-state index contributed by atoms with van der Waals surface area (Å²) in [6.45, 7) is 3.97. The number of ether oxygens (including phenoxy) is 1. The Kier molecular flexibility index (Phi) is 3.99. The highest BCUT2D eigenvalue weighted by Crippen LogP contribution is 2.13. The zero-order chi connectivity index (χ0) is 10.7. The molecule has 82 valence electrons. The molecule has 1 N–H and O–H groups in total. The van der Waals surface area contributed by atoms with Gasteiger partial charge in [-0.3, -0.25) is 0 Å². The molecule has 1 aliphatic heterocycles. The Morgan fingerprint density at radius 3 is 2.73 bits per heavy atom. The molecule has 0 bridgehead atoms. The fraction of sp³-hybridized carbons (Fsp3) is 0.500. The van der Waals surface area contributed by atoms with Crippen molar-refractivity contribution in [1.82, 2.24) is 5.32 Å². The van der Waals surface area contributed by atoms with Gasteiger partial charge >= 0.3 is 0 Å². The van der Waals surface area contributed by atoms with Crippen molar-refractivity contribution in [2.24, 2.45) is 0 Å². The maximum absolute atomic E-state index is 5.51. The van der Waals surface area contributed by atoms with E-state index in [2.05, 4.69) is 59.1 Å². The number of hydrogen-bond acceptors (Lipinski definition) is 2. The molecule has 1 aromatic rings. The molecule has 1 aromatic carbocycles. The van der Waals surface area contributed by atoms with E-state index in [1.54, 1.807) is 0 Å². The largest absolute Gasteiger partial charge is 0.377 e. The van der Waals surface area contributed by atoms with E-state index < -0.39 is 0 Å². The maximum Gasteiger partial charge on any atom is 0.0700 e. The van der Waals surface area contributed by atoms with Crippen molar-refractivity contribution >= 4 is 22.6 Å². The predicted octanol–water partition coefficient (Wildman–Crippen LogP) is 2.56. The zero-order valence-corrected chi connectivity index (χ0v) is 11.0. The van der Waals surface area contributed by atoms with Crippen LogP contribution in [0.3, 0.4) is 0 Å². The quantitative estimate of drug-likeness (QED) is 0.865. The molecular formula is C12H16INO. The summed E-state index contributed by atoms with van der Waals surface area (Å²) in [5, 5.41) is 3.54. The average Bonchev–Trinajstić information content (AvgIpc) is 2.63. The second kappa shape index (κ2) is 5.27. The van der Waals surface area contributed by atoms with Gasteiger partial charge in [0.1, 0.15) is 0 Å². The van der Waals surface area contributed by atoms with Gasteiger partial charge in [-0.15, -0.1) is 0 Å². The molecule has 1 fully saturated rings. The van der Waals surface area contributed by atoms with Crippen LogP contribution in [0.1, 0.15) is 18.9 Å². The van der Waals surface area contributed by atoms with E-state index in [1.807, 2.05) is 0 Å². The van der Waals surface area contributed by atoms with Crippen molar-refractivity contribution < 1.29 is 4.74 Å². The van der Waals surface area contributed by atoms with Crippen molar-refractivity contribution in [3.05, 3.63) is 33.4 Å². The summed E-state index contributed by atoms with van der Waals surface area (Å²) >= 11 is 2.33. The van der Waals surface area contributed by atoms with E-state index >= 15 is 0 Å². The normalized spacial score (nSPS) is 25.7. The summed E-state index contributed by atoms with van der Waals surface area (Å²) in [5.41, 5.74) is 1.34. The van der Waals surface area contributed by atoms with E-state index in [0.717, 1.165) is 19.6 Å². The predicted molar refractivity (Wildman–Crippen MR) is 69.8 cm³/mol. The molecule has 2 atom stereocenters. The highest BCUT2D eigenvalue weighted by atomic mass is 127. The maximum atomic E-state index is 5.51. The second-order valence-electron chi connectivity index (χ2n) is 3.98.